The summed E-state index contributed by atoms with van der Waals surface area (Å²) in [6.45, 7) is 7.91. The van der Waals surface area contributed by atoms with Crippen LogP contribution in [0.5, 0.6) is 5.75 Å². The van der Waals surface area contributed by atoms with Crippen molar-refractivity contribution in [3.05, 3.63) is 64.1 Å². The zero-order valence-corrected chi connectivity index (χ0v) is 19.0. The van der Waals surface area contributed by atoms with E-state index in [2.05, 4.69) is 21.2 Å². The average Bonchev–Trinajstić information content (AvgIpc) is 2.72. The molecule has 0 aliphatic rings. The van der Waals surface area contributed by atoms with E-state index in [1.807, 2.05) is 69.3 Å². The second-order valence-corrected chi connectivity index (χ2v) is 8.16. The Hall–Kier alpha value is -2.34. The average molecular weight is 461 g/mol. The molecular weight excluding hydrogens is 432 g/mol. The molecular formula is C23H29BrN2O3. The molecule has 2 atom stereocenters. The Morgan fingerprint density at radius 1 is 1.07 bits per heavy atom. The number of amides is 2. The fourth-order valence-corrected chi connectivity index (χ4v) is 2.96. The van der Waals surface area contributed by atoms with E-state index in [4.69, 9.17) is 4.74 Å². The van der Waals surface area contributed by atoms with E-state index in [9.17, 15) is 9.59 Å². The fourth-order valence-electron chi connectivity index (χ4n) is 2.70. The van der Waals surface area contributed by atoms with Gasteiger partial charge in [-0.2, -0.15) is 0 Å². The molecule has 0 radical (unpaired) electrons. The Morgan fingerprint density at radius 3 is 2.28 bits per heavy atom. The van der Waals surface area contributed by atoms with Crippen molar-refractivity contribution in [3.8, 4) is 5.75 Å². The van der Waals surface area contributed by atoms with Crippen LogP contribution >= 0.6 is 15.9 Å². The zero-order chi connectivity index (χ0) is 21.4. The molecule has 0 aromatic heterocycles. The van der Waals surface area contributed by atoms with Crippen molar-refractivity contribution in [2.75, 3.05) is 6.61 Å². The van der Waals surface area contributed by atoms with Crippen LogP contribution in [0, 0.1) is 6.92 Å². The molecule has 5 nitrogen and oxygen atoms in total. The van der Waals surface area contributed by atoms with Crippen LogP contribution in [0.1, 0.15) is 38.3 Å². The fraction of sp³-hybridized carbons (Fsp3) is 0.391. The van der Waals surface area contributed by atoms with Crippen LogP contribution in [0.4, 0.5) is 0 Å². The van der Waals surface area contributed by atoms with Gasteiger partial charge < -0.3 is 15.0 Å². The van der Waals surface area contributed by atoms with Crippen molar-refractivity contribution in [2.24, 2.45) is 0 Å². The summed E-state index contributed by atoms with van der Waals surface area (Å²) in [4.78, 5) is 27.2. The van der Waals surface area contributed by atoms with Crippen molar-refractivity contribution in [2.45, 2.75) is 52.7 Å². The highest BCUT2D eigenvalue weighted by molar-refractivity contribution is 9.10. The normalized spacial score (nSPS) is 12.7. The molecule has 2 aromatic rings. The lowest BCUT2D eigenvalue weighted by atomic mass is 10.1. The molecule has 29 heavy (non-hydrogen) atoms. The number of nitrogens with zero attached hydrogens (tertiary/aromatic N) is 1. The zero-order valence-electron chi connectivity index (χ0n) is 17.4. The summed E-state index contributed by atoms with van der Waals surface area (Å²) in [5.41, 5.74) is 2.07. The molecule has 0 unspecified atom stereocenters. The molecule has 2 amide bonds. The third-order valence-electron chi connectivity index (χ3n) is 4.82. The number of carbonyl (C=O) groups excluding carboxylic acids is 2. The van der Waals surface area contributed by atoms with Crippen molar-refractivity contribution in [1.29, 1.82) is 0 Å². The first-order chi connectivity index (χ1) is 13.8. The first kappa shape index (κ1) is 22.9. The molecule has 2 aromatic carbocycles. The standard InChI is InChI=1S/C23H29BrN2O3/c1-5-17(3)25-23(28)18(4)26(14-19-8-10-20(24)11-9-19)22(27)15-29-21-12-6-16(2)7-13-21/h6-13,17-18H,5,14-15H2,1-4H3,(H,25,28)/t17-,18-/m0/s1. The number of ether oxygens (including phenoxy) is 1. The van der Waals surface area contributed by atoms with Crippen LogP contribution in [0.3, 0.4) is 0 Å². The van der Waals surface area contributed by atoms with Crippen LogP contribution < -0.4 is 10.1 Å². The molecule has 0 fully saturated rings. The van der Waals surface area contributed by atoms with Gasteiger partial charge in [-0.3, -0.25) is 9.59 Å². The van der Waals surface area contributed by atoms with Crippen molar-refractivity contribution < 1.29 is 14.3 Å². The van der Waals surface area contributed by atoms with Crippen LogP contribution in [0.2, 0.25) is 0 Å². The highest BCUT2D eigenvalue weighted by Gasteiger charge is 2.27. The van der Waals surface area contributed by atoms with Gasteiger partial charge in [-0.25, -0.2) is 0 Å². The van der Waals surface area contributed by atoms with Gasteiger partial charge >= 0.3 is 0 Å². The highest BCUT2D eigenvalue weighted by atomic mass is 79.9. The molecule has 1 N–H and O–H groups in total. The predicted octanol–water partition coefficient (Wildman–Crippen LogP) is 4.47. The Kier molecular flexibility index (Phi) is 8.70. The Morgan fingerprint density at radius 2 is 1.69 bits per heavy atom. The molecule has 0 aliphatic heterocycles. The Bertz CT molecular complexity index is 806. The molecule has 0 saturated carbocycles. The molecule has 0 aliphatic carbocycles. The number of hydrogen-bond donors (Lipinski definition) is 1. The maximum absolute atomic E-state index is 13.0. The number of carbonyl (C=O) groups is 2. The lowest BCUT2D eigenvalue weighted by molar-refractivity contribution is -0.142. The maximum Gasteiger partial charge on any atom is 0.261 e. The summed E-state index contributed by atoms with van der Waals surface area (Å²) < 4.78 is 6.62. The van der Waals surface area contributed by atoms with Crippen LogP contribution in [0.15, 0.2) is 53.0 Å². The monoisotopic (exact) mass is 460 g/mol. The van der Waals surface area contributed by atoms with Crippen LogP contribution in [0.25, 0.3) is 0 Å². The highest BCUT2D eigenvalue weighted by Crippen LogP contribution is 2.16. The van der Waals surface area contributed by atoms with Crippen molar-refractivity contribution in [3.63, 3.8) is 0 Å². The molecule has 156 valence electrons. The smallest absolute Gasteiger partial charge is 0.261 e. The summed E-state index contributed by atoms with van der Waals surface area (Å²) in [7, 11) is 0. The summed E-state index contributed by atoms with van der Waals surface area (Å²) >= 11 is 3.42. The van der Waals surface area contributed by atoms with Gasteiger partial charge in [0.2, 0.25) is 5.91 Å². The van der Waals surface area contributed by atoms with E-state index < -0.39 is 6.04 Å². The topological polar surface area (TPSA) is 58.6 Å². The van der Waals surface area contributed by atoms with Gasteiger partial charge in [0.05, 0.1) is 0 Å². The molecule has 0 heterocycles. The van der Waals surface area contributed by atoms with Gasteiger partial charge in [0.25, 0.3) is 5.91 Å². The summed E-state index contributed by atoms with van der Waals surface area (Å²) in [6, 6.07) is 14.7. The number of benzene rings is 2. The summed E-state index contributed by atoms with van der Waals surface area (Å²) in [6.07, 6.45) is 0.829. The number of hydrogen-bond acceptors (Lipinski definition) is 3. The van der Waals surface area contributed by atoms with Gasteiger partial charge in [0.1, 0.15) is 11.8 Å². The lowest BCUT2D eigenvalue weighted by Gasteiger charge is -2.29. The Labute approximate surface area is 181 Å². The Balaban J connectivity index is 2.13. The van der Waals surface area contributed by atoms with E-state index >= 15 is 0 Å². The van der Waals surface area contributed by atoms with Gasteiger partial charge in [0.15, 0.2) is 6.61 Å². The van der Waals surface area contributed by atoms with E-state index in [1.54, 1.807) is 11.8 Å². The van der Waals surface area contributed by atoms with Crippen LogP contribution in [-0.2, 0) is 16.1 Å². The second-order valence-electron chi connectivity index (χ2n) is 7.24. The van der Waals surface area contributed by atoms with Crippen molar-refractivity contribution in [1.82, 2.24) is 10.2 Å². The lowest BCUT2D eigenvalue weighted by Crippen LogP contribution is -2.50. The minimum absolute atomic E-state index is 0.0541. The minimum atomic E-state index is -0.609. The minimum Gasteiger partial charge on any atom is -0.484 e. The third kappa shape index (κ3) is 7.20. The number of nitrogens with one attached hydrogen (secondary N) is 1. The summed E-state index contributed by atoms with van der Waals surface area (Å²) in [5, 5.41) is 2.96. The molecule has 2 rings (SSSR count). The number of rotatable bonds is 9. The molecule has 0 saturated heterocycles. The van der Waals surface area contributed by atoms with Gasteiger partial charge in [-0.05, 0) is 57.0 Å². The first-order valence-corrected chi connectivity index (χ1v) is 10.6. The largest absolute Gasteiger partial charge is 0.484 e. The van der Waals surface area contributed by atoms with Gasteiger partial charge in [-0.1, -0.05) is 52.7 Å². The van der Waals surface area contributed by atoms with Crippen LogP contribution in [-0.4, -0.2) is 35.4 Å². The SMILES string of the molecule is CC[C@H](C)NC(=O)[C@H](C)N(Cc1ccc(Br)cc1)C(=O)COc1ccc(C)cc1. The van der Waals surface area contributed by atoms with Gasteiger partial charge in [-0.15, -0.1) is 0 Å². The van der Waals surface area contributed by atoms with Gasteiger partial charge in [0, 0.05) is 17.1 Å². The maximum atomic E-state index is 13.0. The quantitative estimate of drug-likeness (QED) is 0.600. The van der Waals surface area contributed by atoms with E-state index in [0.717, 1.165) is 22.0 Å². The van der Waals surface area contributed by atoms with E-state index in [-0.39, 0.29) is 24.5 Å². The second kappa shape index (κ2) is 11.0. The van der Waals surface area contributed by atoms with Crippen molar-refractivity contribution >= 4 is 27.7 Å². The first-order valence-electron chi connectivity index (χ1n) is 9.84. The van der Waals surface area contributed by atoms with E-state index in [0.29, 0.717) is 12.3 Å². The summed E-state index contributed by atoms with van der Waals surface area (Å²) in [5.74, 6) is 0.227. The van der Waals surface area contributed by atoms with E-state index in [1.165, 1.54) is 0 Å². The molecule has 0 bridgehead atoms. The predicted molar refractivity (Wildman–Crippen MR) is 119 cm³/mol. The number of aryl methyl sites for hydroxylation is 1. The molecule has 0 spiro atoms. The third-order valence-corrected chi connectivity index (χ3v) is 5.35. The molecule has 6 heteroatoms. The number of halogens is 1.